The quantitative estimate of drug-likeness (QED) is 0.793. The first kappa shape index (κ1) is 13.9. The van der Waals surface area contributed by atoms with E-state index in [4.69, 9.17) is 0 Å². The van der Waals surface area contributed by atoms with Gasteiger partial charge in [0.25, 0.3) is 0 Å². The van der Waals surface area contributed by atoms with Crippen molar-refractivity contribution in [3.8, 4) is 0 Å². The van der Waals surface area contributed by atoms with E-state index < -0.39 is 0 Å². The van der Waals surface area contributed by atoms with Crippen LogP contribution in [0.2, 0.25) is 0 Å². The maximum Gasteiger partial charge on any atom is 0.125 e. The van der Waals surface area contributed by atoms with Crippen molar-refractivity contribution in [3.05, 3.63) is 30.1 Å². The zero-order valence-corrected chi connectivity index (χ0v) is 10.7. The third-order valence-electron chi connectivity index (χ3n) is 3.20. The largest absolute Gasteiger partial charge is 0.394 e. The Kier molecular flexibility index (Phi) is 4.90. The van der Waals surface area contributed by atoms with Gasteiger partial charge in [-0.3, -0.25) is 0 Å². The van der Waals surface area contributed by atoms with Crippen LogP contribution in [0.4, 0.5) is 10.1 Å². The zero-order chi connectivity index (χ0) is 12.9. The Morgan fingerprint density at radius 2 is 2.18 bits per heavy atom. The number of rotatable bonds is 6. The summed E-state index contributed by atoms with van der Waals surface area (Å²) >= 11 is 0. The molecule has 1 rings (SSSR count). The highest BCUT2D eigenvalue weighted by atomic mass is 19.1. The fourth-order valence-electron chi connectivity index (χ4n) is 1.54. The second kappa shape index (κ2) is 5.98. The Balaban J connectivity index is 2.58. The molecule has 0 fully saturated rings. The van der Waals surface area contributed by atoms with E-state index in [1.54, 1.807) is 6.07 Å². The Morgan fingerprint density at radius 1 is 1.47 bits per heavy atom. The van der Waals surface area contributed by atoms with Crippen molar-refractivity contribution in [3.63, 3.8) is 0 Å². The molecule has 0 amide bonds. The zero-order valence-electron chi connectivity index (χ0n) is 10.7. The van der Waals surface area contributed by atoms with Gasteiger partial charge in [-0.15, -0.1) is 0 Å². The number of aliphatic hydroxyl groups is 1. The predicted molar refractivity (Wildman–Crippen MR) is 68.8 cm³/mol. The van der Waals surface area contributed by atoms with Gasteiger partial charge in [0.1, 0.15) is 5.82 Å². The van der Waals surface area contributed by atoms with Crippen molar-refractivity contribution in [2.24, 2.45) is 0 Å². The van der Waals surface area contributed by atoms with Crippen molar-refractivity contribution in [2.75, 3.05) is 32.1 Å². The minimum absolute atomic E-state index is 0.0838. The molecule has 0 aliphatic carbocycles. The Bertz CT molecular complexity index is 353. The van der Waals surface area contributed by atoms with E-state index in [1.165, 1.54) is 12.1 Å². The van der Waals surface area contributed by atoms with E-state index in [-0.39, 0.29) is 18.0 Å². The van der Waals surface area contributed by atoms with Gasteiger partial charge in [0.15, 0.2) is 0 Å². The predicted octanol–water partition coefficient (Wildman–Crippen LogP) is 1.62. The van der Waals surface area contributed by atoms with E-state index in [2.05, 4.69) is 5.32 Å². The molecule has 0 saturated heterocycles. The maximum absolute atomic E-state index is 13.1. The second-order valence-electron chi connectivity index (χ2n) is 4.62. The van der Waals surface area contributed by atoms with Crippen LogP contribution >= 0.6 is 0 Å². The van der Waals surface area contributed by atoms with Gasteiger partial charge in [-0.05, 0) is 38.6 Å². The molecule has 17 heavy (non-hydrogen) atoms. The number of hydrogen-bond donors (Lipinski definition) is 2. The molecule has 1 aromatic rings. The van der Waals surface area contributed by atoms with Crippen LogP contribution in [0.15, 0.2) is 24.3 Å². The number of halogens is 1. The smallest absolute Gasteiger partial charge is 0.125 e. The summed E-state index contributed by atoms with van der Waals surface area (Å²) in [5.74, 6) is -0.229. The summed E-state index contributed by atoms with van der Waals surface area (Å²) in [5.41, 5.74) is 0.558. The van der Waals surface area contributed by atoms with Crippen LogP contribution in [0, 0.1) is 5.82 Å². The summed E-state index contributed by atoms with van der Waals surface area (Å²) in [4.78, 5) is 1.98. The van der Waals surface area contributed by atoms with E-state index >= 15 is 0 Å². The van der Waals surface area contributed by atoms with Gasteiger partial charge in [0.05, 0.1) is 6.61 Å². The van der Waals surface area contributed by atoms with Gasteiger partial charge in [-0.25, -0.2) is 4.39 Å². The average Bonchev–Trinajstić information content (AvgIpc) is 2.35. The van der Waals surface area contributed by atoms with Gasteiger partial charge in [-0.1, -0.05) is 6.07 Å². The third-order valence-corrected chi connectivity index (χ3v) is 3.20. The van der Waals surface area contributed by atoms with Crippen molar-refractivity contribution >= 4 is 5.69 Å². The molecule has 0 aromatic heterocycles. The summed E-state index contributed by atoms with van der Waals surface area (Å²) in [6, 6.07) is 6.52. The van der Waals surface area contributed by atoms with Crippen molar-refractivity contribution < 1.29 is 9.50 Å². The number of nitrogens with zero attached hydrogens (tertiary/aromatic N) is 1. The van der Waals surface area contributed by atoms with Crippen LogP contribution in [0.1, 0.15) is 13.3 Å². The lowest BCUT2D eigenvalue weighted by atomic mass is 9.99. The average molecular weight is 240 g/mol. The molecule has 96 valence electrons. The first-order chi connectivity index (χ1) is 8.00. The molecular formula is C13H21FN2O. The Morgan fingerprint density at radius 3 is 2.71 bits per heavy atom. The molecule has 0 saturated carbocycles. The van der Waals surface area contributed by atoms with Crippen LogP contribution in [-0.2, 0) is 0 Å². The molecule has 0 bridgehead atoms. The summed E-state index contributed by atoms with van der Waals surface area (Å²) in [5, 5.41) is 12.4. The Hall–Kier alpha value is -1.13. The molecule has 4 heteroatoms. The first-order valence-electron chi connectivity index (χ1n) is 5.77. The highest BCUT2D eigenvalue weighted by Gasteiger charge is 2.20. The monoisotopic (exact) mass is 240 g/mol. The fraction of sp³-hybridized carbons (Fsp3) is 0.538. The van der Waals surface area contributed by atoms with Crippen LogP contribution in [0.3, 0.4) is 0 Å². The minimum atomic E-state index is -0.290. The minimum Gasteiger partial charge on any atom is -0.394 e. The molecular weight excluding hydrogens is 219 g/mol. The van der Waals surface area contributed by atoms with Gasteiger partial charge in [0.2, 0.25) is 0 Å². The van der Waals surface area contributed by atoms with E-state index in [0.29, 0.717) is 0 Å². The molecule has 2 N–H and O–H groups in total. The first-order valence-corrected chi connectivity index (χ1v) is 5.77. The van der Waals surface area contributed by atoms with Crippen LogP contribution in [0.5, 0.6) is 0 Å². The fourth-order valence-corrected chi connectivity index (χ4v) is 1.54. The normalized spacial score (nSPS) is 14.4. The molecule has 3 nitrogen and oxygen atoms in total. The van der Waals surface area contributed by atoms with Gasteiger partial charge >= 0.3 is 0 Å². The van der Waals surface area contributed by atoms with E-state index in [9.17, 15) is 9.50 Å². The molecule has 0 aliphatic heterocycles. The number of hydrogen-bond acceptors (Lipinski definition) is 3. The van der Waals surface area contributed by atoms with Crippen LogP contribution in [-0.4, -0.2) is 37.9 Å². The summed E-state index contributed by atoms with van der Waals surface area (Å²) in [7, 11) is 3.75. The van der Waals surface area contributed by atoms with Crippen molar-refractivity contribution in [2.45, 2.75) is 18.9 Å². The molecule has 1 atom stereocenters. The molecule has 1 unspecified atom stereocenters. The standard InChI is InChI=1S/C13H21FN2O/c1-13(10-17,15-2)7-8-16(3)12-6-4-5-11(14)9-12/h4-6,9,15,17H,7-8,10H2,1-3H3. The van der Waals surface area contributed by atoms with Crippen LogP contribution < -0.4 is 10.2 Å². The van der Waals surface area contributed by atoms with Crippen LogP contribution in [0.25, 0.3) is 0 Å². The maximum atomic E-state index is 13.1. The lowest BCUT2D eigenvalue weighted by molar-refractivity contribution is 0.175. The van der Waals surface area contributed by atoms with Gasteiger partial charge < -0.3 is 15.3 Å². The van der Waals surface area contributed by atoms with E-state index in [1.807, 2.05) is 32.0 Å². The third kappa shape index (κ3) is 3.98. The molecule has 0 heterocycles. The summed E-state index contributed by atoms with van der Waals surface area (Å²) < 4.78 is 13.1. The summed E-state index contributed by atoms with van der Waals surface area (Å²) in [6.07, 6.45) is 0.785. The number of aliphatic hydroxyl groups excluding tert-OH is 1. The number of benzene rings is 1. The topological polar surface area (TPSA) is 35.5 Å². The number of likely N-dealkylation sites (N-methyl/N-ethyl adjacent to an activating group) is 1. The highest BCUT2D eigenvalue weighted by molar-refractivity contribution is 5.45. The summed E-state index contributed by atoms with van der Waals surface area (Å²) in [6.45, 7) is 2.80. The number of anilines is 1. The van der Waals surface area contributed by atoms with Gasteiger partial charge in [0, 0.05) is 24.8 Å². The molecule has 0 aliphatic rings. The van der Waals surface area contributed by atoms with Crippen molar-refractivity contribution in [1.29, 1.82) is 0 Å². The van der Waals surface area contributed by atoms with E-state index in [0.717, 1.165) is 18.7 Å². The number of nitrogens with one attached hydrogen (secondary N) is 1. The lowest BCUT2D eigenvalue weighted by Gasteiger charge is -2.30. The van der Waals surface area contributed by atoms with Gasteiger partial charge in [-0.2, -0.15) is 0 Å². The Labute approximate surface area is 102 Å². The SMILES string of the molecule is CNC(C)(CO)CCN(C)c1cccc(F)c1. The highest BCUT2D eigenvalue weighted by Crippen LogP contribution is 2.16. The molecule has 0 radical (unpaired) electrons. The second-order valence-corrected chi connectivity index (χ2v) is 4.62. The van der Waals surface area contributed by atoms with Crippen molar-refractivity contribution in [1.82, 2.24) is 5.32 Å². The lowest BCUT2D eigenvalue weighted by Crippen LogP contribution is -2.45. The molecule has 0 spiro atoms. The molecule has 1 aromatic carbocycles.